The highest BCUT2D eigenvalue weighted by Gasteiger charge is 2.34. The molecule has 0 spiro atoms. The van der Waals surface area contributed by atoms with E-state index >= 15 is 0 Å². The van der Waals surface area contributed by atoms with Crippen molar-refractivity contribution in [1.82, 2.24) is 0 Å². The van der Waals surface area contributed by atoms with E-state index in [1.54, 1.807) is 0 Å². The van der Waals surface area contributed by atoms with E-state index in [1.165, 1.54) is 18.4 Å². The van der Waals surface area contributed by atoms with Crippen LogP contribution in [0.25, 0.3) is 0 Å². The summed E-state index contributed by atoms with van der Waals surface area (Å²) in [4.78, 5) is 0. The molecule has 4 nitrogen and oxygen atoms in total. The maximum atomic E-state index is 10.9. The molecule has 0 amide bonds. The van der Waals surface area contributed by atoms with Crippen molar-refractivity contribution < 1.29 is 19.1 Å². The average molecular weight is 529 g/mol. The van der Waals surface area contributed by atoms with Crippen LogP contribution in [-0.4, -0.2) is 49.2 Å². The van der Waals surface area contributed by atoms with Crippen molar-refractivity contribution in [1.29, 1.82) is 0 Å². The van der Waals surface area contributed by atoms with Crippen molar-refractivity contribution in [2.24, 2.45) is 0 Å². The molecular weight excluding hydrogens is 482 g/mol. The quantitative estimate of drug-likeness (QED) is 0.0942. The van der Waals surface area contributed by atoms with Gasteiger partial charge in [-0.05, 0) is 55.2 Å². The van der Waals surface area contributed by atoms with Gasteiger partial charge in [-0.3, -0.25) is 0 Å². The van der Waals surface area contributed by atoms with Gasteiger partial charge < -0.3 is 19.1 Å². The molecule has 4 heteroatoms. The van der Waals surface area contributed by atoms with E-state index in [-0.39, 0.29) is 6.04 Å². The summed E-state index contributed by atoms with van der Waals surface area (Å²) in [7, 11) is 4.33. The molecular formula is C35H46NO3+. The number of likely N-dealkylation sites (N-methyl/N-ethyl adjacent to an activating group) is 1. The Balaban J connectivity index is 1.27. The lowest BCUT2D eigenvalue weighted by molar-refractivity contribution is -0.920. The van der Waals surface area contributed by atoms with E-state index in [1.807, 2.05) is 48.5 Å². The summed E-state index contributed by atoms with van der Waals surface area (Å²) in [6.07, 6.45) is 6.47. The number of aliphatic hydroxyl groups is 1. The molecule has 3 aromatic rings. The van der Waals surface area contributed by atoms with Gasteiger partial charge in [0.2, 0.25) is 6.29 Å². The van der Waals surface area contributed by atoms with Gasteiger partial charge in [0.05, 0.1) is 20.6 Å². The van der Waals surface area contributed by atoms with Gasteiger partial charge in [-0.2, -0.15) is 0 Å². The van der Waals surface area contributed by atoms with Crippen molar-refractivity contribution in [2.75, 3.05) is 27.2 Å². The van der Waals surface area contributed by atoms with Crippen LogP contribution in [0.15, 0.2) is 84.9 Å². The van der Waals surface area contributed by atoms with Crippen molar-refractivity contribution in [2.45, 2.75) is 70.8 Å². The van der Waals surface area contributed by atoms with Crippen molar-refractivity contribution >= 4 is 0 Å². The first-order valence-electron chi connectivity index (χ1n) is 14.4. The lowest BCUT2D eigenvalue weighted by atomic mass is 10.0. The third kappa shape index (κ3) is 11.3. The molecule has 0 fully saturated rings. The van der Waals surface area contributed by atoms with Crippen LogP contribution in [-0.2, 0) is 17.8 Å². The minimum atomic E-state index is -0.764. The number of benzene rings is 3. The molecule has 1 N–H and O–H groups in total. The fourth-order valence-electron chi connectivity index (χ4n) is 4.48. The first-order chi connectivity index (χ1) is 19.0. The molecule has 2 unspecified atom stereocenters. The Morgan fingerprint density at radius 3 is 2.05 bits per heavy atom. The van der Waals surface area contributed by atoms with E-state index in [2.05, 4.69) is 69.3 Å². The fraction of sp³-hybridized carbons (Fsp3) is 0.429. The first-order valence-corrected chi connectivity index (χ1v) is 14.4. The second-order valence-electron chi connectivity index (χ2n) is 10.7. The molecule has 0 radical (unpaired) electrons. The summed E-state index contributed by atoms with van der Waals surface area (Å²) in [6, 6.07) is 28.6. The highest BCUT2D eigenvalue weighted by atomic mass is 16.6. The number of rotatable bonds is 16. The fourth-order valence-corrected chi connectivity index (χ4v) is 4.48. The molecule has 208 valence electrons. The third-order valence-corrected chi connectivity index (χ3v) is 7.40. The van der Waals surface area contributed by atoms with Crippen LogP contribution in [0.3, 0.4) is 0 Å². The highest BCUT2D eigenvalue weighted by Crippen LogP contribution is 2.19. The largest absolute Gasteiger partial charge is 0.489 e. The predicted molar refractivity (Wildman–Crippen MR) is 160 cm³/mol. The molecule has 0 aliphatic rings. The number of hydrogen-bond acceptors (Lipinski definition) is 3. The number of unbranched alkanes of at least 4 members (excludes halogenated alkanes) is 5. The first kappa shape index (κ1) is 30.4. The molecule has 39 heavy (non-hydrogen) atoms. The van der Waals surface area contributed by atoms with Crippen LogP contribution in [0.5, 0.6) is 5.75 Å². The summed E-state index contributed by atoms with van der Waals surface area (Å²) in [5.41, 5.74) is 3.42. The number of aliphatic hydroxyl groups excluding tert-OH is 1. The smallest absolute Gasteiger partial charge is 0.208 e. The van der Waals surface area contributed by atoms with E-state index in [0.717, 1.165) is 60.0 Å². The maximum Gasteiger partial charge on any atom is 0.208 e. The zero-order valence-corrected chi connectivity index (χ0v) is 24.0. The van der Waals surface area contributed by atoms with Gasteiger partial charge in [0.1, 0.15) is 18.4 Å². The van der Waals surface area contributed by atoms with Gasteiger partial charge in [-0.1, -0.05) is 91.8 Å². The van der Waals surface area contributed by atoms with Crippen LogP contribution in [0, 0.1) is 11.8 Å². The van der Waals surface area contributed by atoms with Crippen LogP contribution in [0.4, 0.5) is 0 Å². The Morgan fingerprint density at radius 2 is 1.38 bits per heavy atom. The Labute approximate surface area is 236 Å². The van der Waals surface area contributed by atoms with Crippen molar-refractivity contribution in [3.05, 3.63) is 102 Å². The molecule has 0 saturated heterocycles. The summed E-state index contributed by atoms with van der Waals surface area (Å²) < 4.78 is 12.5. The molecule has 2 atom stereocenters. The molecule has 0 heterocycles. The Morgan fingerprint density at radius 1 is 0.769 bits per heavy atom. The van der Waals surface area contributed by atoms with Crippen LogP contribution in [0.2, 0.25) is 0 Å². The molecule has 0 saturated carbocycles. The molecule has 3 rings (SSSR count). The number of nitrogens with zero attached hydrogens (tertiary/aromatic N) is 1. The zero-order chi connectivity index (χ0) is 27.8. The van der Waals surface area contributed by atoms with E-state index in [9.17, 15) is 5.11 Å². The zero-order valence-electron chi connectivity index (χ0n) is 24.0. The predicted octanol–water partition coefficient (Wildman–Crippen LogP) is 7.00. The maximum absolute atomic E-state index is 10.9. The monoisotopic (exact) mass is 528 g/mol. The van der Waals surface area contributed by atoms with Gasteiger partial charge in [-0.15, -0.1) is 0 Å². The second-order valence-corrected chi connectivity index (χ2v) is 10.7. The van der Waals surface area contributed by atoms with Crippen LogP contribution < -0.4 is 4.74 Å². The number of hydrogen-bond donors (Lipinski definition) is 1. The second kappa shape index (κ2) is 16.8. The van der Waals surface area contributed by atoms with Gasteiger partial charge in [0.25, 0.3) is 0 Å². The van der Waals surface area contributed by atoms with Crippen molar-refractivity contribution in [3.8, 4) is 17.6 Å². The van der Waals surface area contributed by atoms with E-state index in [4.69, 9.17) is 9.47 Å². The SMILES string of the molecule is CC[N+](C)(C)C(Cc1ccccc1)C(O)OCCCCCCCC#Cc1ccc(OCc2ccccc2)cc1. The molecule has 0 aliphatic carbocycles. The average Bonchev–Trinajstić information content (AvgIpc) is 2.97. The summed E-state index contributed by atoms with van der Waals surface area (Å²) in [5, 5.41) is 10.9. The Hall–Kier alpha value is -3.10. The van der Waals surface area contributed by atoms with Crippen LogP contribution in [0.1, 0.15) is 62.1 Å². The lowest BCUT2D eigenvalue weighted by Crippen LogP contribution is -2.56. The molecule has 0 bridgehead atoms. The van der Waals surface area contributed by atoms with Crippen molar-refractivity contribution in [3.63, 3.8) is 0 Å². The van der Waals surface area contributed by atoms with Gasteiger partial charge in [-0.25, -0.2) is 0 Å². The minimum Gasteiger partial charge on any atom is -0.489 e. The topological polar surface area (TPSA) is 38.7 Å². The molecule has 3 aromatic carbocycles. The van der Waals surface area contributed by atoms with E-state index < -0.39 is 6.29 Å². The van der Waals surface area contributed by atoms with E-state index in [0.29, 0.717) is 13.2 Å². The number of quaternary nitrogens is 1. The molecule has 0 aromatic heterocycles. The van der Waals surface area contributed by atoms with Crippen LogP contribution >= 0.6 is 0 Å². The lowest BCUT2D eigenvalue weighted by Gasteiger charge is -2.39. The molecule has 0 aliphatic heterocycles. The standard InChI is InChI=1S/C35H46NO3/c1-4-36(2,3)34(28-31-19-13-10-14-20-31)35(37)38-27-17-9-7-5-6-8-12-18-30-23-25-33(26-24-30)39-29-32-21-15-11-16-22-32/h10-11,13-16,19-26,34-35,37H,4-9,17,27-29H2,1-3H3/q+1. The summed E-state index contributed by atoms with van der Waals surface area (Å²) >= 11 is 0. The van der Waals surface area contributed by atoms with Gasteiger partial charge in [0.15, 0.2) is 0 Å². The Bertz CT molecular complexity index is 1120. The Kier molecular flexibility index (Phi) is 13.1. The third-order valence-electron chi connectivity index (χ3n) is 7.40. The van der Waals surface area contributed by atoms with Gasteiger partial charge in [0, 0.05) is 25.0 Å². The van der Waals surface area contributed by atoms with Gasteiger partial charge >= 0.3 is 0 Å². The normalized spacial score (nSPS) is 12.8. The summed E-state index contributed by atoms with van der Waals surface area (Å²) in [6.45, 7) is 4.27. The highest BCUT2D eigenvalue weighted by molar-refractivity contribution is 5.38. The number of ether oxygens (including phenoxy) is 2. The summed E-state index contributed by atoms with van der Waals surface area (Å²) in [5.74, 6) is 7.42. The minimum absolute atomic E-state index is 0.00833.